The Labute approximate surface area is 129 Å². The lowest BCUT2D eigenvalue weighted by molar-refractivity contribution is 0.785. The van der Waals surface area contributed by atoms with Gasteiger partial charge in [0, 0.05) is 22.0 Å². The average Bonchev–Trinajstić information content (AvgIpc) is 2.47. The molecule has 2 aromatic carbocycles. The van der Waals surface area contributed by atoms with Gasteiger partial charge in [0.2, 0.25) is 0 Å². The lowest BCUT2D eigenvalue weighted by Gasteiger charge is -2.12. The minimum atomic E-state index is 0.273. The average molecular weight is 298 g/mol. The summed E-state index contributed by atoms with van der Waals surface area (Å²) in [6.45, 7) is 4.18. The maximum atomic E-state index is 6.04. The van der Waals surface area contributed by atoms with Gasteiger partial charge in [0.05, 0.1) is 5.52 Å². The molecule has 0 aliphatic rings. The summed E-state index contributed by atoms with van der Waals surface area (Å²) in [6.07, 6.45) is 0. The highest BCUT2D eigenvalue weighted by atomic mass is 35.5. The number of hydrogen-bond acceptors (Lipinski definition) is 3. The molecule has 0 bridgehead atoms. The summed E-state index contributed by atoms with van der Waals surface area (Å²) in [5.41, 5.74) is 1.86. The summed E-state index contributed by atoms with van der Waals surface area (Å²) in [5.74, 6) is 1.92. The molecule has 0 saturated carbocycles. The number of rotatable bonds is 3. The van der Waals surface area contributed by atoms with Crippen LogP contribution >= 0.6 is 11.6 Å². The molecule has 0 unspecified atom stereocenters. The molecule has 0 saturated heterocycles. The Kier molecular flexibility index (Phi) is 3.76. The molecule has 4 heteroatoms. The van der Waals surface area contributed by atoms with Crippen LogP contribution in [0.25, 0.3) is 10.9 Å². The molecule has 0 spiro atoms. The van der Waals surface area contributed by atoms with Crippen molar-refractivity contribution in [1.82, 2.24) is 9.97 Å². The van der Waals surface area contributed by atoms with Crippen LogP contribution in [0.2, 0.25) is 5.02 Å². The number of para-hydroxylation sites is 1. The third kappa shape index (κ3) is 2.98. The molecule has 0 radical (unpaired) electrons. The van der Waals surface area contributed by atoms with E-state index in [4.69, 9.17) is 11.6 Å². The molecule has 106 valence electrons. The van der Waals surface area contributed by atoms with Crippen molar-refractivity contribution >= 4 is 34.0 Å². The Balaban J connectivity index is 2.11. The van der Waals surface area contributed by atoms with E-state index in [2.05, 4.69) is 29.1 Å². The van der Waals surface area contributed by atoms with Crippen LogP contribution in [-0.2, 0) is 0 Å². The van der Waals surface area contributed by atoms with Crippen LogP contribution < -0.4 is 5.32 Å². The van der Waals surface area contributed by atoms with Crippen molar-refractivity contribution in [2.24, 2.45) is 0 Å². The van der Waals surface area contributed by atoms with Gasteiger partial charge < -0.3 is 5.32 Å². The maximum Gasteiger partial charge on any atom is 0.142 e. The van der Waals surface area contributed by atoms with E-state index in [0.29, 0.717) is 5.02 Å². The van der Waals surface area contributed by atoms with Crippen LogP contribution in [0.1, 0.15) is 25.6 Å². The second-order valence-corrected chi connectivity index (χ2v) is 5.67. The largest absolute Gasteiger partial charge is 0.340 e. The quantitative estimate of drug-likeness (QED) is 0.726. The lowest BCUT2D eigenvalue weighted by atomic mass is 10.1. The van der Waals surface area contributed by atoms with Crippen LogP contribution in [0.15, 0.2) is 48.5 Å². The van der Waals surface area contributed by atoms with Gasteiger partial charge in [-0.3, -0.25) is 0 Å². The molecule has 0 aliphatic heterocycles. The number of hydrogen-bond donors (Lipinski definition) is 1. The van der Waals surface area contributed by atoms with E-state index in [1.807, 2.05) is 48.5 Å². The van der Waals surface area contributed by atoms with Crippen LogP contribution in [0, 0.1) is 0 Å². The summed E-state index contributed by atoms with van der Waals surface area (Å²) in [4.78, 5) is 9.28. The first-order valence-electron chi connectivity index (χ1n) is 6.93. The van der Waals surface area contributed by atoms with E-state index < -0.39 is 0 Å². The molecular weight excluding hydrogens is 282 g/mol. The minimum absolute atomic E-state index is 0.273. The number of nitrogens with one attached hydrogen (secondary N) is 1. The molecule has 0 amide bonds. The van der Waals surface area contributed by atoms with Gasteiger partial charge in [-0.15, -0.1) is 0 Å². The third-order valence-electron chi connectivity index (χ3n) is 3.22. The van der Waals surface area contributed by atoms with Gasteiger partial charge in [-0.2, -0.15) is 0 Å². The molecule has 1 heterocycles. The Hall–Kier alpha value is -2.13. The molecule has 0 fully saturated rings. The van der Waals surface area contributed by atoms with E-state index in [1.165, 1.54) is 0 Å². The Morgan fingerprint density at radius 1 is 1.00 bits per heavy atom. The fourth-order valence-electron chi connectivity index (χ4n) is 2.15. The summed E-state index contributed by atoms with van der Waals surface area (Å²) in [6, 6.07) is 15.6. The van der Waals surface area contributed by atoms with Crippen molar-refractivity contribution in [3.8, 4) is 0 Å². The minimum Gasteiger partial charge on any atom is -0.340 e. The molecular formula is C17H16ClN3. The normalized spacial score (nSPS) is 11.0. The molecule has 0 atom stereocenters. The van der Waals surface area contributed by atoms with Gasteiger partial charge in [0.1, 0.15) is 11.6 Å². The van der Waals surface area contributed by atoms with Crippen molar-refractivity contribution in [1.29, 1.82) is 0 Å². The highest BCUT2D eigenvalue weighted by molar-refractivity contribution is 6.30. The molecule has 3 aromatic rings. The number of benzene rings is 2. The molecule has 21 heavy (non-hydrogen) atoms. The summed E-state index contributed by atoms with van der Waals surface area (Å²) < 4.78 is 0. The topological polar surface area (TPSA) is 37.8 Å². The van der Waals surface area contributed by atoms with Crippen LogP contribution in [-0.4, -0.2) is 9.97 Å². The second kappa shape index (κ2) is 5.70. The van der Waals surface area contributed by atoms with Crippen molar-refractivity contribution in [2.45, 2.75) is 19.8 Å². The monoisotopic (exact) mass is 297 g/mol. The maximum absolute atomic E-state index is 6.04. The second-order valence-electron chi connectivity index (χ2n) is 5.24. The number of fused-ring (bicyclic) bond motifs is 1. The van der Waals surface area contributed by atoms with E-state index >= 15 is 0 Å². The first-order chi connectivity index (χ1) is 10.1. The molecule has 1 aromatic heterocycles. The number of aromatic nitrogens is 2. The first kappa shape index (κ1) is 13.8. The van der Waals surface area contributed by atoms with Gasteiger partial charge >= 0.3 is 0 Å². The molecule has 0 aliphatic carbocycles. The highest BCUT2D eigenvalue weighted by Crippen LogP contribution is 2.26. The number of nitrogens with zero attached hydrogens (tertiary/aromatic N) is 2. The predicted molar refractivity (Wildman–Crippen MR) is 88.4 cm³/mol. The van der Waals surface area contributed by atoms with E-state index in [1.54, 1.807) is 0 Å². The zero-order chi connectivity index (χ0) is 14.8. The van der Waals surface area contributed by atoms with Gasteiger partial charge in [-0.25, -0.2) is 9.97 Å². The summed E-state index contributed by atoms with van der Waals surface area (Å²) in [5, 5.41) is 5.05. The molecule has 1 N–H and O–H groups in total. The fourth-order valence-corrected chi connectivity index (χ4v) is 2.34. The van der Waals surface area contributed by atoms with E-state index in [-0.39, 0.29) is 5.92 Å². The van der Waals surface area contributed by atoms with Gasteiger partial charge in [-0.05, 0) is 30.3 Å². The number of halogens is 1. The van der Waals surface area contributed by atoms with Gasteiger partial charge in [0.15, 0.2) is 0 Å². The van der Waals surface area contributed by atoms with E-state index in [0.717, 1.165) is 28.2 Å². The van der Waals surface area contributed by atoms with Gasteiger partial charge in [-0.1, -0.05) is 43.6 Å². The molecule has 3 nitrogen and oxygen atoms in total. The number of anilines is 2. The van der Waals surface area contributed by atoms with E-state index in [9.17, 15) is 0 Å². The van der Waals surface area contributed by atoms with Crippen LogP contribution in [0.4, 0.5) is 11.5 Å². The lowest BCUT2D eigenvalue weighted by Crippen LogP contribution is -2.03. The summed E-state index contributed by atoms with van der Waals surface area (Å²) >= 11 is 6.04. The zero-order valence-corrected chi connectivity index (χ0v) is 12.7. The van der Waals surface area contributed by atoms with Gasteiger partial charge in [0.25, 0.3) is 0 Å². The first-order valence-corrected chi connectivity index (χ1v) is 7.30. The van der Waals surface area contributed by atoms with Crippen molar-refractivity contribution < 1.29 is 0 Å². The zero-order valence-electron chi connectivity index (χ0n) is 12.0. The third-order valence-corrected chi connectivity index (χ3v) is 3.46. The van der Waals surface area contributed by atoms with Crippen molar-refractivity contribution in [2.75, 3.05) is 5.32 Å². The Morgan fingerprint density at radius 3 is 2.57 bits per heavy atom. The summed E-state index contributed by atoms with van der Waals surface area (Å²) in [7, 11) is 0. The SMILES string of the molecule is CC(C)c1nc(Nc2cccc(Cl)c2)c2ccccc2n1. The Morgan fingerprint density at radius 2 is 1.81 bits per heavy atom. The van der Waals surface area contributed by atoms with Crippen molar-refractivity contribution in [3.63, 3.8) is 0 Å². The Bertz CT molecular complexity index is 784. The fraction of sp³-hybridized carbons (Fsp3) is 0.176. The van der Waals surface area contributed by atoms with Crippen LogP contribution in [0.3, 0.4) is 0 Å². The van der Waals surface area contributed by atoms with Crippen molar-refractivity contribution in [3.05, 3.63) is 59.4 Å². The standard InChI is InChI=1S/C17H16ClN3/c1-11(2)16-20-15-9-4-3-8-14(15)17(21-16)19-13-7-5-6-12(18)10-13/h3-11H,1-2H3,(H,19,20,21). The van der Waals surface area contributed by atoms with Crippen LogP contribution in [0.5, 0.6) is 0 Å². The highest BCUT2D eigenvalue weighted by Gasteiger charge is 2.10. The molecule has 3 rings (SSSR count). The smallest absolute Gasteiger partial charge is 0.142 e. The predicted octanol–water partition coefficient (Wildman–Crippen LogP) is 5.15.